The number of hydrogen-bond donors (Lipinski definition) is 2. The number of rotatable bonds is 7. The van der Waals surface area contributed by atoms with Crippen molar-refractivity contribution in [2.45, 2.75) is 19.8 Å². The lowest BCUT2D eigenvalue weighted by atomic mass is 10.1. The Morgan fingerprint density at radius 3 is 2.67 bits per heavy atom. The number of amides is 2. The van der Waals surface area contributed by atoms with Gasteiger partial charge in [0, 0.05) is 17.1 Å². The minimum Gasteiger partial charge on any atom is -0.337 e. The number of H-pyrrole nitrogens is 1. The largest absolute Gasteiger partial charge is 0.337 e. The SMILES string of the molecule is CCCN(CC(=O)Nc1cc(Cl)ccc1Cl)C(=O)c1ccc2nc(C(F)F)[nH]c2c1. The van der Waals surface area contributed by atoms with Crippen molar-refractivity contribution in [2.75, 3.05) is 18.4 Å². The minimum absolute atomic E-state index is 0.210. The molecule has 2 amide bonds. The van der Waals surface area contributed by atoms with Crippen LogP contribution >= 0.6 is 23.2 Å². The molecule has 6 nitrogen and oxygen atoms in total. The predicted octanol–water partition coefficient (Wildman–Crippen LogP) is 5.30. The normalized spacial score (nSPS) is 11.1. The van der Waals surface area contributed by atoms with E-state index in [0.717, 1.165) is 0 Å². The highest BCUT2D eigenvalue weighted by Crippen LogP contribution is 2.25. The van der Waals surface area contributed by atoms with Gasteiger partial charge in [-0.05, 0) is 42.8 Å². The molecule has 2 N–H and O–H groups in total. The molecule has 0 aliphatic carbocycles. The van der Waals surface area contributed by atoms with Crippen molar-refractivity contribution < 1.29 is 18.4 Å². The molecule has 1 aromatic heterocycles. The molecule has 0 saturated carbocycles. The summed E-state index contributed by atoms with van der Waals surface area (Å²) in [5, 5.41) is 3.37. The highest BCUT2D eigenvalue weighted by molar-refractivity contribution is 6.35. The standard InChI is InChI=1S/C20H18Cl2F2N4O2/c1-2-7-28(10-17(29)25-15-9-12(21)4-5-13(15)22)20(30)11-3-6-14-16(8-11)27-19(26-14)18(23)24/h3-6,8-9,18H,2,7,10H2,1H3,(H,25,29)(H,26,27). The topological polar surface area (TPSA) is 78.1 Å². The number of benzene rings is 2. The van der Waals surface area contributed by atoms with E-state index in [1.165, 1.54) is 29.2 Å². The quantitative estimate of drug-likeness (QED) is 0.508. The Bertz CT molecular complexity index is 1090. The van der Waals surface area contributed by atoms with Crippen LogP contribution < -0.4 is 5.32 Å². The zero-order chi connectivity index (χ0) is 21.8. The molecule has 3 rings (SSSR count). The van der Waals surface area contributed by atoms with E-state index in [1.807, 2.05) is 6.92 Å². The van der Waals surface area contributed by atoms with Gasteiger partial charge in [-0.3, -0.25) is 9.59 Å². The summed E-state index contributed by atoms with van der Waals surface area (Å²) < 4.78 is 25.7. The van der Waals surface area contributed by atoms with Gasteiger partial charge in [-0.25, -0.2) is 13.8 Å². The first kappa shape index (κ1) is 22.0. The Balaban J connectivity index is 1.77. The number of aromatic amines is 1. The molecule has 30 heavy (non-hydrogen) atoms. The van der Waals surface area contributed by atoms with Gasteiger partial charge in [0.05, 0.1) is 21.7 Å². The molecule has 158 valence electrons. The molecule has 0 unspecified atom stereocenters. The molecule has 3 aromatic rings. The summed E-state index contributed by atoms with van der Waals surface area (Å²) in [7, 11) is 0. The maximum atomic E-state index is 12.9. The van der Waals surface area contributed by atoms with E-state index in [0.29, 0.717) is 39.7 Å². The second-order valence-electron chi connectivity index (χ2n) is 6.55. The molecule has 0 bridgehead atoms. The van der Waals surface area contributed by atoms with Gasteiger partial charge in [0.1, 0.15) is 6.54 Å². The lowest BCUT2D eigenvalue weighted by Gasteiger charge is -2.22. The van der Waals surface area contributed by atoms with Crippen molar-refractivity contribution in [1.82, 2.24) is 14.9 Å². The van der Waals surface area contributed by atoms with Crippen molar-refractivity contribution in [2.24, 2.45) is 0 Å². The first-order chi connectivity index (χ1) is 14.3. The fourth-order valence-electron chi connectivity index (χ4n) is 2.93. The number of alkyl halides is 2. The summed E-state index contributed by atoms with van der Waals surface area (Å²) in [6.07, 6.45) is -2.12. The molecule has 1 heterocycles. The first-order valence-electron chi connectivity index (χ1n) is 9.10. The van der Waals surface area contributed by atoms with Crippen molar-refractivity contribution in [1.29, 1.82) is 0 Å². The smallest absolute Gasteiger partial charge is 0.295 e. The minimum atomic E-state index is -2.74. The summed E-state index contributed by atoms with van der Waals surface area (Å²) in [6, 6.07) is 9.10. The number of nitrogens with one attached hydrogen (secondary N) is 2. The molecule has 0 aliphatic rings. The zero-order valence-electron chi connectivity index (χ0n) is 15.9. The van der Waals surface area contributed by atoms with Gasteiger partial charge in [-0.15, -0.1) is 0 Å². The Morgan fingerprint density at radius 2 is 1.97 bits per heavy atom. The average Bonchev–Trinajstić information content (AvgIpc) is 3.13. The molecule has 0 spiro atoms. The summed E-state index contributed by atoms with van der Waals surface area (Å²) in [5.74, 6) is -1.30. The van der Waals surface area contributed by atoms with Gasteiger partial charge in [0.25, 0.3) is 12.3 Å². The lowest BCUT2D eigenvalue weighted by Crippen LogP contribution is -2.38. The fourth-order valence-corrected chi connectivity index (χ4v) is 3.26. The maximum absolute atomic E-state index is 12.9. The fraction of sp³-hybridized carbons (Fsp3) is 0.250. The van der Waals surface area contributed by atoms with Crippen LogP contribution in [0.1, 0.15) is 36.0 Å². The maximum Gasteiger partial charge on any atom is 0.295 e. The number of imidazole rings is 1. The molecular formula is C20H18Cl2F2N4O2. The molecular weight excluding hydrogens is 437 g/mol. The van der Waals surface area contributed by atoms with Gasteiger partial charge in [-0.1, -0.05) is 30.1 Å². The van der Waals surface area contributed by atoms with E-state index in [-0.39, 0.29) is 12.1 Å². The van der Waals surface area contributed by atoms with E-state index in [1.54, 1.807) is 12.1 Å². The zero-order valence-corrected chi connectivity index (χ0v) is 17.4. The van der Waals surface area contributed by atoms with Crippen molar-refractivity contribution in [3.63, 3.8) is 0 Å². The monoisotopic (exact) mass is 454 g/mol. The van der Waals surface area contributed by atoms with Crippen molar-refractivity contribution >= 4 is 51.7 Å². The molecule has 0 radical (unpaired) electrons. The Kier molecular flexibility index (Phi) is 6.89. The highest BCUT2D eigenvalue weighted by atomic mass is 35.5. The average molecular weight is 455 g/mol. The van der Waals surface area contributed by atoms with Crippen LogP contribution in [-0.4, -0.2) is 39.8 Å². The molecule has 10 heteroatoms. The number of anilines is 1. The van der Waals surface area contributed by atoms with E-state index in [9.17, 15) is 18.4 Å². The van der Waals surface area contributed by atoms with Crippen LogP contribution in [0.25, 0.3) is 11.0 Å². The second-order valence-corrected chi connectivity index (χ2v) is 7.40. The van der Waals surface area contributed by atoms with Gasteiger partial charge in [-0.2, -0.15) is 0 Å². The van der Waals surface area contributed by atoms with Crippen molar-refractivity contribution in [3.05, 3.63) is 57.8 Å². The van der Waals surface area contributed by atoms with Gasteiger partial charge in [0.15, 0.2) is 5.82 Å². The van der Waals surface area contributed by atoms with E-state index in [2.05, 4.69) is 15.3 Å². The molecule has 2 aromatic carbocycles. The number of hydrogen-bond acceptors (Lipinski definition) is 3. The summed E-state index contributed by atoms with van der Waals surface area (Å²) in [5.41, 5.74) is 1.26. The number of carbonyl (C=O) groups is 2. The van der Waals surface area contributed by atoms with E-state index >= 15 is 0 Å². The van der Waals surface area contributed by atoms with E-state index < -0.39 is 24.1 Å². The van der Waals surface area contributed by atoms with Crippen LogP contribution in [0.3, 0.4) is 0 Å². The molecule has 0 atom stereocenters. The summed E-state index contributed by atoms with van der Waals surface area (Å²) >= 11 is 12.0. The Hall–Kier alpha value is -2.71. The Labute approximate surface area is 181 Å². The van der Waals surface area contributed by atoms with Crippen LogP contribution in [0.5, 0.6) is 0 Å². The van der Waals surface area contributed by atoms with Crippen LogP contribution in [-0.2, 0) is 4.79 Å². The van der Waals surface area contributed by atoms with Gasteiger partial charge in [0.2, 0.25) is 5.91 Å². The number of nitrogens with zero attached hydrogens (tertiary/aromatic N) is 2. The van der Waals surface area contributed by atoms with Crippen LogP contribution in [0.2, 0.25) is 10.0 Å². The van der Waals surface area contributed by atoms with Crippen LogP contribution in [0.4, 0.5) is 14.5 Å². The number of halogens is 4. The third-order valence-corrected chi connectivity index (χ3v) is 4.84. The number of carbonyl (C=O) groups excluding carboxylic acids is 2. The first-order valence-corrected chi connectivity index (χ1v) is 9.86. The number of aromatic nitrogens is 2. The van der Waals surface area contributed by atoms with Crippen LogP contribution in [0.15, 0.2) is 36.4 Å². The van der Waals surface area contributed by atoms with Gasteiger partial charge >= 0.3 is 0 Å². The third kappa shape index (κ3) is 5.06. The molecule has 0 fully saturated rings. The second kappa shape index (κ2) is 9.40. The van der Waals surface area contributed by atoms with Gasteiger partial charge < -0.3 is 15.2 Å². The van der Waals surface area contributed by atoms with Crippen LogP contribution in [0, 0.1) is 0 Å². The molecule has 0 saturated heterocycles. The van der Waals surface area contributed by atoms with E-state index in [4.69, 9.17) is 23.2 Å². The lowest BCUT2D eigenvalue weighted by molar-refractivity contribution is -0.116. The summed E-state index contributed by atoms with van der Waals surface area (Å²) in [4.78, 5) is 33.1. The Morgan fingerprint density at radius 1 is 1.20 bits per heavy atom. The van der Waals surface area contributed by atoms with Crippen molar-refractivity contribution in [3.8, 4) is 0 Å². The number of fused-ring (bicyclic) bond motifs is 1. The third-order valence-electron chi connectivity index (χ3n) is 4.27. The molecule has 0 aliphatic heterocycles. The predicted molar refractivity (Wildman–Crippen MR) is 112 cm³/mol. The summed E-state index contributed by atoms with van der Waals surface area (Å²) in [6.45, 7) is 2.00. The highest BCUT2D eigenvalue weighted by Gasteiger charge is 2.20.